The number of amides is 1. The predicted octanol–water partition coefficient (Wildman–Crippen LogP) is 1.41. The number of aromatic amines is 1. The van der Waals surface area contributed by atoms with Gasteiger partial charge in [-0.25, -0.2) is 10.6 Å². The molecule has 18 heavy (non-hydrogen) atoms. The van der Waals surface area contributed by atoms with E-state index >= 15 is 0 Å². The Morgan fingerprint density at radius 1 is 1.56 bits per heavy atom. The molecule has 7 nitrogen and oxygen atoms in total. The summed E-state index contributed by atoms with van der Waals surface area (Å²) in [5.41, 5.74) is 0.689. The van der Waals surface area contributed by atoms with Gasteiger partial charge in [-0.05, 0) is 19.1 Å². The second kappa shape index (κ2) is 4.92. The van der Waals surface area contributed by atoms with Crippen LogP contribution in [-0.4, -0.2) is 30.0 Å². The first-order chi connectivity index (χ1) is 8.69. The molecule has 0 aliphatic rings. The maximum atomic E-state index is 11.4. The van der Waals surface area contributed by atoms with Crippen molar-refractivity contribution in [3.05, 3.63) is 18.2 Å². The first-order valence-electron chi connectivity index (χ1n) is 5.41. The highest BCUT2D eigenvalue weighted by Crippen LogP contribution is 2.29. The van der Waals surface area contributed by atoms with Crippen LogP contribution in [0.25, 0.3) is 10.9 Å². The van der Waals surface area contributed by atoms with E-state index in [-0.39, 0.29) is 0 Å². The Kier molecular flexibility index (Phi) is 3.33. The molecule has 7 heteroatoms. The third kappa shape index (κ3) is 1.95. The molecule has 0 saturated carbocycles. The first kappa shape index (κ1) is 12.2. The lowest BCUT2D eigenvalue weighted by atomic mass is 10.2. The molecule has 2 rings (SSSR count). The highest BCUT2D eigenvalue weighted by molar-refractivity contribution is 5.99. The van der Waals surface area contributed by atoms with Gasteiger partial charge in [-0.15, -0.1) is 0 Å². The zero-order valence-electron chi connectivity index (χ0n) is 10.1. The van der Waals surface area contributed by atoms with Crippen LogP contribution in [0.5, 0.6) is 5.75 Å². The number of anilines is 1. The minimum absolute atomic E-state index is 0.290. The number of methoxy groups -OCH3 is 1. The molecule has 1 aromatic heterocycles. The van der Waals surface area contributed by atoms with Crippen LogP contribution in [0.2, 0.25) is 0 Å². The summed E-state index contributed by atoms with van der Waals surface area (Å²) in [6.45, 7) is 2.43. The van der Waals surface area contributed by atoms with Crippen molar-refractivity contribution >= 4 is 22.8 Å². The minimum atomic E-state index is -0.690. The number of carbonyl (C=O) groups excluding carboxylic acids is 1. The number of hydrogen-bond donors (Lipinski definition) is 2. The SMILES string of the molecule is CCOc1cccc2c(N(N)C(=O)OC)n[nH]c12. The number of nitrogens with zero attached hydrogens (tertiary/aromatic N) is 2. The average Bonchev–Trinajstić information content (AvgIpc) is 2.82. The molecule has 0 fully saturated rings. The fourth-order valence-corrected chi connectivity index (χ4v) is 1.65. The molecule has 0 radical (unpaired) electrons. The van der Waals surface area contributed by atoms with Crippen LogP contribution in [0.1, 0.15) is 6.92 Å². The quantitative estimate of drug-likeness (QED) is 0.488. The van der Waals surface area contributed by atoms with E-state index in [1.54, 1.807) is 12.1 Å². The minimum Gasteiger partial charge on any atom is -0.492 e. The lowest BCUT2D eigenvalue weighted by Gasteiger charge is -2.11. The van der Waals surface area contributed by atoms with Gasteiger partial charge in [0.2, 0.25) is 0 Å². The number of hydrogen-bond acceptors (Lipinski definition) is 5. The number of rotatable bonds is 3. The van der Waals surface area contributed by atoms with Gasteiger partial charge in [0.1, 0.15) is 11.3 Å². The Morgan fingerprint density at radius 2 is 2.33 bits per heavy atom. The lowest BCUT2D eigenvalue weighted by molar-refractivity contribution is 0.178. The number of fused-ring (bicyclic) bond motifs is 1. The molecule has 0 unspecified atom stereocenters. The monoisotopic (exact) mass is 250 g/mol. The van der Waals surface area contributed by atoms with Gasteiger partial charge in [0.25, 0.3) is 0 Å². The molecule has 1 amide bonds. The summed E-state index contributed by atoms with van der Waals surface area (Å²) in [5.74, 6) is 6.57. The maximum absolute atomic E-state index is 11.4. The summed E-state index contributed by atoms with van der Waals surface area (Å²) in [4.78, 5) is 11.4. The van der Waals surface area contributed by atoms with E-state index in [1.807, 2.05) is 13.0 Å². The van der Waals surface area contributed by atoms with Gasteiger partial charge in [0, 0.05) is 5.39 Å². The van der Waals surface area contributed by atoms with Crippen LogP contribution in [0, 0.1) is 0 Å². The maximum Gasteiger partial charge on any atom is 0.430 e. The Morgan fingerprint density at radius 3 is 3.00 bits per heavy atom. The van der Waals surface area contributed by atoms with Gasteiger partial charge in [-0.3, -0.25) is 5.10 Å². The number of para-hydroxylation sites is 1. The summed E-state index contributed by atoms with van der Waals surface area (Å²) in [6, 6.07) is 5.41. The van der Waals surface area contributed by atoms with Crippen molar-refractivity contribution in [3.63, 3.8) is 0 Å². The molecule has 0 atom stereocenters. The normalized spacial score (nSPS) is 10.4. The average molecular weight is 250 g/mol. The lowest BCUT2D eigenvalue weighted by Crippen LogP contribution is -2.37. The number of ether oxygens (including phenoxy) is 2. The van der Waals surface area contributed by atoms with Gasteiger partial charge in [0.15, 0.2) is 5.82 Å². The molecule has 0 aliphatic heterocycles. The van der Waals surface area contributed by atoms with Crippen LogP contribution in [0.4, 0.5) is 10.6 Å². The molecule has 1 aromatic carbocycles. The van der Waals surface area contributed by atoms with Gasteiger partial charge in [-0.2, -0.15) is 10.1 Å². The van der Waals surface area contributed by atoms with Crippen molar-refractivity contribution in [2.75, 3.05) is 18.7 Å². The van der Waals surface area contributed by atoms with E-state index in [0.29, 0.717) is 29.1 Å². The summed E-state index contributed by atoms with van der Waals surface area (Å²) in [6.07, 6.45) is -0.690. The number of carbonyl (C=O) groups is 1. The number of nitrogens with two attached hydrogens (primary N) is 1. The molecule has 0 saturated heterocycles. The van der Waals surface area contributed by atoms with Crippen LogP contribution < -0.4 is 15.6 Å². The van der Waals surface area contributed by atoms with E-state index in [2.05, 4.69) is 14.9 Å². The van der Waals surface area contributed by atoms with Crippen LogP contribution in [-0.2, 0) is 4.74 Å². The van der Waals surface area contributed by atoms with Crippen LogP contribution >= 0.6 is 0 Å². The predicted molar refractivity (Wildman–Crippen MR) is 66.3 cm³/mol. The zero-order chi connectivity index (χ0) is 13.1. The van der Waals surface area contributed by atoms with Crippen molar-refractivity contribution in [3.8, 4) is 5.75 Å². The van der Waals surface area contributed by atoms with E-state index in [1.165, 1.54) is 7.11 Å². The van der Waals surface area contributed by atoms with Crippen molar-refractivity contribution in [2.24, 2.45) is 5.84 Å². The molecular weight excluding hydrogens is 236 g/mol. The van der Waals surface area contributed by atoms with Crippen LogP contribution in [0.3, 0.4) is 0 Å². The molecule has 0 aliphatic carbocycles. The smallest absolute Gasteiger partial charge is 0.430 e. The number of benzene rings is 1. The standard InChI is InChI=1S/C11H14N4O3/c1-3-18-8-6-4-5-7-9(8)13-14-10(7)15(12)11(16)17-2/h4-6H,3,12H2,1-2H3,(H,13,14). The molecule has 2 aromatic rings. The Hall–Kier alpha value is -2.28. The third-order valence-electron chi connectivity index (χ3n) is 2.44. The van der Waals surface area contributed by atoms with E-state index in [4.69, 9.17) is 10.6 Å². The van der Waals surface area contributed by atoms with Gasteiger partial charge >= 0.3 is 6.09 Å². The summed E-state index contributed by atoms with van der Waals surface area (Å²) in [7, 11) is 1.25. The number of H-pyrrole nitrogens is 1. The van der Waals surface area contributed by atoms with Crippen molar-refractivity contribution in [1.82, 2.24) is 10.2 Å². The summed E-state index contributed by atoms with van der Waals surface area (Å²) >= 11 is 0. The third-order valence-corrected chi connectivity index (χ3v) is 2.44. The van der Waals surface area contributed by atoms with E-state index in [9.17, 15) is 4.79 Å². The second-order valence-electron chi connectivity index (χ2n) is 3.50. The molecule has 1 heterocycles. The van der Waals surface area contributed by atoms with Crippen molar-refractivity contribution in [2.45, 2.75) is 6.92 Å². The second-order valence-corrected chi connectivity index (χ2v) is 3.50. The number of nitrogens with one attached hydrogen (secondary N) is 1. The van der Waals surface area contributed by atoms with E-state index in [0.717, 1.165) is 5.01 Å². The Bertz CT molecular complexity index is 566. The zero-order valence-corrected chi connectivity index (χ0v) is 10.1. The highest BCUT2D eigenvalue weighted by atomic mass is 16.5. The van der Waals surface area contributed by atoms with E-state index < -0.39 is 6.09 Å². The molecule has 0 bridgehead atoms. The molecule has 3 N–H and O–H groups in total. The summed E-state index contributed by atoms with van der Waals surface area (Å²) in [5, 5.41) is 8.33. The fraction of sp³-hybridized carbons (Fsp3) is 0.273. The number of hydrazine groups is 1. The van der Waals surface area contributed by atoms with Gasteiger partial charge in [0.05, 0.1) is 13.7 Å². The molecule has 0 spiro atoms. The van der Waals surface area contributed by atoms with Gasteiger partial charge < -0.3 is 9.47 Å². The van der Waals surface area contributed by atoms with Gasteiger partial charge in [-0.1, -0.05) is 6.07 Å². The number of aromatic nitrogens is 2. The van der Waals surface area contributed by atoms with Crippen LogP contribution in [0.15, 0.2) is 18.2 Å². The largest absolute Gasteiger partial charge is 0.492 e. The molecule has 96 valence electrons. The van der Waals surface area contributed by atoms with Crippen molar-refractivity contribution < 1.29 is 14.3 Å². The fourth-order valence-electron chi connectivity index (χ4n) is 1.65. The topological polar surface area (TPSA) is 93.5 Å². The first-order valence-corrected chi connectivity index (χ1v) is 5.41. The van der Waals surface area contributed by atoms with Crippen molar-refractivity contribution in [1.29, 1.82) is 0 Å². The summed E-state index contributed by atoms with van der Waals surface area (Å²) < 4.78 is 9.99. The highest BCUT2D eigenvalue weighted by Gasteiger charge is 2.19. The Labute approximate surface area is 103 Å². The molecular formula is C11H14N4O3. The Balaban J connectivity index is 2.48.